The molecule has 35 heavy (non-hydrogen) atoms. The highest BCUT2D eigenvalue weighted by Crippen LogP contribution is 2.21. The minimum atomic E-state index is -0.131. The van der Waals surface area contributed by atoms with Gasteiger partial charge in [0, 0.05) is 25.3 Å². The van der Waals surface area contributed by atoms with Gasteiger partial charge in [-0.3, -0.25) is 14.5 Å². The summed E-state index contributed by atoms with van der Waals surface area (Å²) in [5, 5.41) is 12.6. The van der Waals surface area contributed by atoms with Gasteiger partial charge in [-0.05, 0) is 55.8 Å². The lowest BCUT2D eigenvalue weighted by atomic mass is 10.1. The first kappa shape index (κ1) is 24.9. The van der Waals surface area contributed by atoms with Gasteiger partial charge in [-0.15, -0.1) is 10.2 Å². The van der Waals surface area contributed by atoms with E-state index in [-0.39, 0.29) is 17.6 Å². The van der Waals surface area contributed by atoms with Crippen LogP contribution in [0.3, 0.4) is 0 Å². The van der Waals surface area contributed by atoms with Gasteiger partial charge in [0.1, 0.15) is 5.82 Å². The summed E-state index contributed by atoms with van der Waals surface area (Å²) < 4.78 is 2.13. The molecule has 4 rings (SSSR count). The molecule has 2 aromatic carbocycles. The number of benzene rings is 2. The van der Waals surface area contributed by atoms with Crippen molar-refractivity contribution >= 4 is 29.3 Å². The molecule has 1 aliphatic heterocycles. The smallest absolute Gasteiger partial charge is 0.253 e. The molecule has 0 radical (unpaired) electrons. The van der Waals surface area contributed by atoms with Gasteiger partial charge < -0.3 is 14.8 Å². The zero-order valence-electron chi connectivity index (χ0n) is 20.3. The van der Waals surface area contributed by atoms with Crippen LogP contribution in [-0.4, -0.2) is 69.3 Å². The summed E-state index contributed by atoms with van der Waals surface area (Å²) in [6, 6.07) is 17.2. The number of hydrogen-bond donors (Lipinski definition) is 1. The highest BCUT2D eigenvalue weighted by Gasteiger charge is 2.19. The Labute approximate surface area is 210 Å². The summed E-state index contributed by atoms with van der Waals surface area (Å²) in [5.41, 5.74) is 2.41. The van der Waals surface area contributed by atoms with E-state index in [0.29, 0.717) is 17.8 Å². The van der Waals surface area contributed by atoms with Crippen LogP contribution in [0.15, 0.2) is 59.8 Å². The summed E-state index contributed by atoms with van der Waals surface area (Å²) in [7, 11) is 3.42. The Bertz CT molecular complexity index is 1120. The van der Waals surface area contributed by atoms with Gasteiger partial charge >= 0.3 is 0 Å². The van der Waals surface area contributed by atoms with Crippen molar-refractivity contribution in [3.8, 4) is 0 Å². The lowest BCUT2D eigenvalue weighted by Gasteiger charge is -2.26. The molecule has 1 aliphatic rings. The second-order valence-corrected chi connectivity index (χ2v) is 9.86. The van der Waals surface area contributed by atoms with Crippen LogP contribution < -0.4 is 5.32 Å². The molecule has 0 spiro atoms. The van der Waals surface area contributed by atoms with Crippen LogP contribution in [0.2, 0.25) is 0 Å². The van der Waals surface area contributed by atoms with E-state index in [0.717, 1.165) is 30.6 Å². The molecule has 1 aromatic heterocycles. The van der Waals surface area contributed by atoms with Crippen LogP contribution in [0, 0.1) is 0 Å². The minimum absolute atomic E-state index is 0.0726. The fraction of sp³-hybridized carbons (Fsp3) is 0.385. The SMILES string of the molecule is CN(C)C(=O)c1ccc(NC(=O)CSc2nnc(CN3CCCCC3)n2Cc2ccccc2)cc1. The fourth-order valence-electron chi connectivity index (χ4n) is 4.07. The Kier molecular flexibility index (Phi) is 8.54. The summed E-state index contributed by atoms with van der Waals surface area (Å²) in [6.07, 6.45) is 3.73. The first-order valence-electron chi connectivity index (χ1n) is 11.9. The predicted octanol–water partition coefficient (Wildman–Crippen LogP) is 3.74. The summed E-state index contributed by atoms with van der Waals surface area (Å²) in [6.45, 7) is 3.61. The average molecular weight is 493 g/mol. The number of amides is 2. The van der Waals surface area contributed by atoms with Crippen molar-refractivity contribution in [1.82, 2.24) is 24.6 Å². The third-order valence-electron chi connectivity index (χ3n) is 5.94. The molecular formula is C26H32N6O2S. The Morgan fingerprint density at radius 3 is 2.34 bits per heavy atom. The van der Waals surface area contributed by atoms with Gasteiger partial charge in [0.05, 0.1) is 18.8 Å². The predicted molar refractivity (Wildman–Crippen MR) is 139 cm³/mol. The van der Waals surface area contributed by atoms with Crippen LogP contribution in [-0.2, 0) is 17.9 Å². The monoisotopic (exact) mass is 492 g/mol. The van der Waals surface area contributed by atoms with Crippen LogP contribution in [0.5, 0.6) is 0 Å². The number of aromatic nitrogens is 3. The zero-order valence-corrected chi connectivity index (χ0v) is 21.1. The second kappa shape index (κ2) is 12.0. The number of piperidine rings is 1. The molecular weight excluding hydrogens is 460 g/mol. The van der Waals surface area contributed by atoms with Crippen LogP contribution >= 0.6 is 11.8 Å². The number of likely N-dealkylation sites (tertiary alicyclic amines) is 1. The van der Waals surface area contributed by atoms with Crippen molar-refractivity contribution < 1.29 is 9.59 Å². The number of anilines is 1. The highest BCUT2D eigenvalue weighted by molar-refractivity contribution is 7.99. The van der Waals surface area contributed by atoms with E-state index in [9.17, 15) is 9.59 Å². The van der Waals surface area contributed by atoms with Crippen LogP contribution in [0.4, 0.5) is 5.69 Å². The van der Waals surface area contributed by atoms with Gasteiger partial charge in [0.15, 0.2) is 5.16 Å². The van der Waals surface area contributed by atoms with E-state index in [1.165, 1.54) is 41.5 Å². The van der Waals surface area contributed by atoms with Gasteiger partial charge in [-0.25, -0.2) is 0 Å². The van der Waals surface area contributed by atoms with Crippen molar-refractivity contribution in [3.63, 3.8) is 0 Å². The Morgan fingerprint density at radius 1 is 0.943 bits per heavy atom. The van der Waals surface area contributed by atoms with E-state index in [4.69, 9.17) is 0 Å². The summed E-state index contributed by atoms with van der Waals surface area (Å²) in [4.78, 5) is 28.6. The van der Waals surface area contributed by atoms with Crippen molar-refractivity contribution in [1.29, 1.82) is 0 Å². The number of thioether (sulfide) groups is 1. The Morgan fingerprint density at radius 2 is 1.66 bits per heavy atom. The maximum Gasteiger partial charge on any atom is 0.253 e. The van der Waals surface area contributed by atoms with Crippen molar-refractivity contribution in [2.45, 2.75) is 37.5 Å². The molecule has 184 valence electrons. The van der Waals surface area contributed by atoms with Gasteiger partial charge in [0.25, 0.3) is 5.91 Å². The topological polar surface area (TPSA) is 83.4 Å². The molecule has 0 atom stereocenters. The van der Waals surface area contributed by atoms with Crippen molar-refractivity contribution in [3.05, 3.63) is 71.5 Å². The average Bonchev–Trinajstić information content (AvgIpc) is 3.24. The molecule has 2 heterocycles. The molecule has 8 nitrogen and oxygen atoms in total. The molecule has 3 aromatic rings. The maximum absolute atomic E-state index is 12.6. The second-order valence-electron chi connectivity index (χ2n) is 8.92. The standard InChI is InChI=1S/C26H32N6O2S/c1-30(2)25(34)21-11-13-22(14-12-21)27-24(33)19-35-26-29-28-23(18-31-15-7-4-8-16-31)32(26)17-20-9-5-3-6-10-20/h3,5-6,9-14H,4,7-8,15-19H2,1-2H3,(H,27,33). The molecule has 0 aliphatic carbocycles. The fourth-order valence-corrected chi connectivity index (χ4v) is 4.82. The lowest BCUT2D eigenvalue weighted by molar-refractivity contribution is -0.113. The van der Waals surface area contributed by atoms with Crippen LogP contribution in [0.1, 0.15) is 41.0 Å². The minimum Gasteiger partial charge on any atom is -0.345 e. The van der Waals surface area contributed by atoms with Gasteiger partial charge in [-0.2, -0.15) is 0 Å². The number of nitrogens with one attached hydrogen (secondary N) is 1. The summed E-state index contributed by atoms with van der Waals surface area (Å²) >= 11 is 1.39. The zero-order chi connectivity index (χ0) is 24.6. The van der Waals surface area contributed by atoms with Gasteiger partial charge in [0.2, 0.25) is 5.91 Å². The van der Waals surface area contributed by atoms with E-state index in [2.05, 4.69) is 37.1 Å². The molecule has 2 amide bonds. The first-order valence-corrected chi connectivity index (χ1v) is 12.9. The van der Waals surface area contributed by atoms with Gasteiger partial charge in [-0.1, -0.05) is 48.5 Å². The highest BCUT2D eigenvalue weighted by atomic mass is 32.2. The van der Waals surface area contributed by atoms with E-state index in [1.54, 1.807) is 38.4 Å². The number of carbonyl (C=O) groups excluding carboxylic acids is 2. The number of carbonyl (C=O) groups is 2. The number of hydrogen-bond acceptors (Lipinski definition) is 6. The van der Waals surface area contributed by atoms with E-state index in [1.807, 2.05) is 18.2 Å². The molecule has 9 heteroatoms. The van der Waals surface area contributed by atoms with Crippen molar-refractivity contribution in [2.24, 2.45) is 0 Å². The third-order valence-corrected chi connectivity index (χ3v) is 6.91. The number of rotatable bonds is 9. The largest absolute Gasteiger partial charge is 0.345 e. The summed E-state index contributed by atoms with van der Waals surface area (Å²) in [5.74, 6) is 0.944. The number of nitrogens with zero attached hydrogens (tertiary/aromatic N) is 5. The Balaban J connectivity index is 1.41. The quantitative estimate of drug-likeness (QED) is 0.458. The molecule has 1 N–H and O–H groups in total. The maximum atomic E-state index is 12.6. The normalized spacial score (nSPS) is 14.0. The third kappa shape index (κ3) is 6.93. The first-order chi connectivity index (χ1) is 17.0. The lowest BCUT2D eigenvalue weighted by Crippen LogP contribution is -2.30. The van der Waals surface area contributed by atoms with Crippen LogP contribution in [0.25, 0.3) is 0 Å². The van der Waals surface area contributed by atoms with E-state index < -0.39 is 0 Å². The molecule has 0 saturated carbocycles. The molecule has 0 unspecified atom stereocenters. The van der Waals surface area contributed by atoms with Crippen molar-refractivity contribution in [2.75, 3.05) is 38.3 Å². The van der Waals surface area contributed by atoms with E-state index >= 15 is 0 Å². The molecule has 1 saturated heterocycles. The Hall–Kier alpha value is -3.17. The molecule has 0 bridgehead atoms. The molecule has 1 fully saturated rings.